The highest BCUT2D eigenvalue weighted by atomic mass is 35.5. The molecule has 0 aliphatic heterocycles. The molecule has 36 heavy (non-hydrogen) atoms. The lowest BCUT2D eigenvalue weighted by Crippen LogP contribution is -2.51. The first kappa shape index (κ1) is 24.6. The molecule has 4 aromatic rings. The van der Waals surface area contributed by atoms with E-state index in [2.05, 4.69) is 77.9 Å². The van der Waals surface area contributed by atoms with Crippen LogP contribution in [0, 0.1) is 0 Å². The summed E-state index contributed by atoms with van der Waals surface area (Å²) < 4.78 is 6.44. The van der Waals surface area contributed by atoms with Crippen LogP contribution in [0.3, 0.4) is 0 Å². The van der Waals surface area contributed by atoms with E-state index in [1.807, 2.05) is 12.1 Å². The molecule has 0 amide bonds. The van der Waals surface area contributed by atoms with E-state index in [4.69, 9.17) is 16.3 Å². The lowest BCUT2D eigenvalue weighted by atomic mass is 9.63. The van der Waals surface area contributed by atoms with Crippen molar-refractivity contribution in [2.75, 3.05) is 0 Å². The van der Waals surface area contributed by atoms with E-state index in [1.165, 1.54) is 11.1 Å². The van der Waals surface area contributed by atoms with E-state index in [9.17, 15) is 4.79 Å². The Kier molecular flexibility index (Phi) is 7.45. The highest BCUT2D eigenvalue weighted by Crippen LogP contribution is 2.44. The number of fused-ring (bicyclic) bond motifs is 1. The van der Waals surface area contributed by atoms with Crippen molar-refractivity contribution in [1.82, 2.24) is 10.3 Å². The van der Waals surface area contributed by atoms with Crippen LogP contribution in [0.4, 0.5) is 0 Å². The first-order chi connectivity index (χ1) is 17.6. The van der Waals surface area contributed by atoms with Crippen LogP contribution < -0.4 is 15.6 Å². The van der Waals surface area contributed by atoms with E-state index >= 15 is 0 Å². The number of pyridine rings is 1. The van der Waals surface area contributed by atoms with Crippen molar-refractivity contribution in [3.63, 3.8) is 0 Å². The molecule has 1 heterocycles. The van der Waals surface area contributed by atoms with E-state index in [0.29, 0.717) is 22.2 Å². The second-order valence-corrected chi connectivity index (χ2v) is 10.3. The van der Waals surface area contributed by atoms with Gasteiger partial charge in [0.25, 0.3) is 5.56 Å². The largest absolute Gasteiger partial charge is 0.489 e. The summed E-state index contributed by atoms with van der Waals surface area (Å²) in [5.41, 5.74) is 2.62. The second-order valence-electron chi connectivity index (χ2n) is 9.84. The highest BCUT2D eigenvalue weighted by molar-refractivity contribution is 6.32. The van der Waals surface area contributed by atoms with Crippen LogP contribution >= 0.6 is 11.6 Å². The minimum atomic E-state index is -0.139. The summed E-state index contributed by atoms with van der Waals surface area (Å²) in [4.78, 5) is 14.8. The van der Waals surface area contributed by atoms with Crippen molar-refractivity contribution in [2.45, 2.75) is 63.1 Å². The van der Waals surface area contributed by atoms with E-state index < -0.39 is 0 Å². The first-order valence-electron chi connectivity index (χ1n) is 12.9. The molecule has 186 valence electrons. The minimum Gasteiger partial charge on any atom is -0.489 e. The predicted octanol–water partition coefficient (Wildman–Crippen LogP) is 7.01. The lowest BCUT2D eigenvalue weighted by molar-refractivity contribution is 0.0956. The van der Waals surface area contributed by atoms with Gasteiger partial charge in [-0.05, 0) is 66.8 Å². The number of H-pyrrole nitrogens is 1. The maximum absolute atomic E-state index is 12.1. The van der Waals surface area contributed by atoms with Gasteiger partial charge in [-0.2, -0.15) is 0 Å². The number of rotatable bonds is 8. The van der Waals surface area contributed by atoms with Crippen LogP contribution in [0.1, 0.15) is 50.2 Å². The number of aromatic amines is 1. The SMILES string of the molecule is CCC(NCc1ccccc1)[C@]1(c2ccccc2)CC[C@H](Oc2cc3cc[nH]c(=O)c3cc2Cl)CC1. The van der Waals surface area contributed by atoms with Gasteiger partial charge < -0.3 is 15.0 Å². The number of aromatic nitrogens is 1. The Balaban J connectivity index is 1.35. The van der Waals surface area contributed by atoms with Gasteiger partial charge in [-0.1, -0.05) is 79.2 Å². The van der Waals surface area contributed by atoms with Crippen LogP contribution in [0.15, 0.2) is 89.9 Å². The summed E-state index contributed by atoms with van der Waals surface area (Å²) in [5.74, 6) is 0.654. The molecule has 4 nitrogen and oxygen atoms in total. The van der Waals surface area contributed by atoms with Gasteiger partial charge in [0.1, 0.15) is 5.75 Å². The molecule has 0 spiro atoms. The maximum atomic E-state index is 12.1. The number of halogens is 1. The van der Waals surface area contributed by atoms with Gasteiger partial charge in [-0.25, -0.2) is 0 Å². The fourth-order valence-electron chi connectivity index (χ4n) is 5.86. The molecule has 0 bridgehead atoms. The summed E-state index contributed by atoms with van der Waals surface area (Å²) in [6.45, 7) is 3.15. The number of benzene rings is 3. The topological polar surface area (TPSA) is 54.1 Å². The third-order valence-electron chi connectivity index (χ3n) is 7.76. The van der Waals surface area contributed by atoms with Gasteiger partial charge in [-0.3, -0.25) is 4.79 Å². The number of hydrogen-bond donors (Lipinski definition) is 2. The van der Waals surface area contributed by atoms with Crippen molar-refractivity contribution >= 4 is 22.4 Å². The van der Waals surface area contributed by atoms with Gasteiger partial charge >= 0.3 is 0 Å². The number of nitrogens with one attached hydrogen (secondary N) is 2. The maximum Gasteiger partial charge on any atom is 0.255 e. The molecule has 1 saturated carbocycles. The van der Waals surface area contributed by atoms with Gasteiger partial charge in [0.05, 0.1) is 11.1 Å². The highest BCUT2D eigenvalue weighted by Gasteiger charge is 2.43. The van der Waals surface area contributed by atoms with Gasteiger partial charge in [0.2, 0.25) is 0 Å². The van der Waals surface area contributed by atoms with Gasteiger partial charge in [0.15, 0.2) is 0 Å². The second kappa shape index (κ2) is 10.9. The predicted molar refractivity (Wildman–Crippen MR) is 148 cm³/mol. The Labute approximate surface area is 217 Å². The normalized spacial score (nSPS) is 20.8. The third kappa shape index (κ3) is 5.07. The Morgan fingerprint density at radius 3 is 2.42 bits per heavy atom. The molecular weight excluding hydrogens is 468 g/mol. The molecule has 3 aromatic carbocycles. The van der Waals surface area contributed by atoms with Crippen molar-refractivity contribution in [3.05, 3.63) is 112 Å². The van der Waals surface area contributed by atoms with Crippen LogP contribution in [0.25, 0.3) is 10.8 Å². The Hall–Kier alpha value is -3.08. The Morgan fingerprint density at radius 1 is 1.03 bits per heavy atom. The quantitative estimate of drug-likeness (QED) is 0.273. The van der Waals surface area contributed by atoms with Gasteiger partial charge in [0, 0.05) is 29.6 Å². The Bertz CT molecular complexity index is 1350. The molecule has 5 rings (SSSR count). The summed E-state index contributed by atoms with van der Waals surface area (Å²) in [6, 6.07) is 27.4. The van der Waals surface area contributed by atoms with Crippen molar-refractivity contribution < 1.29 is 4.74 Å². The molecule has 2 N–H and O–H groups in total. The van der Waals surface area contributed by atoms with Crippen LogP contribution in [-0.4, -0.2) is 17.1 Å². The van der Waals surface area contributed by atoms with Crippen LogP contribution in [-0.2, 0) is 12.0 Å². The fourth-order valence-corrected chi connectivity index (χ4v) is 6.07. The molecule has 0 radical (unpaired) electrons. The average molecular weight is 501 g/mol. The zero-order valence-corrected chi connectivity index (χ0v) is 21.4. The van der Waals surface area contributed by atoms with E-state index in [1.54, 1.807) is 12.3 Å². The number of hydrogen-bond acceptors (Lipinski definition) is 3. The molecule has 1 aliphatic carbocycles. The molecular formula is C31H33ClN2O2. The molecule has 0 saturated heterocycles. The smallest absolute Gasteiger partial charge is 0.255 e. The minimum absolute atomic E-state index is 0.0467. The summed E-state index contributed by atoms with van der Waals surface area (Å²) >= 11 is 6.53. The van der Waals surface area contributed by atoms with Crippen LogP contribution in [0.5, 0.6) is 5.75 Å². The third-order valence-corrected chi connectivity index (χ3v) is 8.06. The van der Waals surface area contributed by atoms with E-state index in [-0.39, 0.29) is 17.1 Å². The zero-order chi connectivity index (χ0) is 25.0. The molecule has 1 unspecified atom stereocenters. The summed E-state index contributed by atoms with van der Waals surface area (Å²) in [6.07, 6.45) is 6.76. The van der Waals surface area contributed by atoms with Crippen LogP contribution in [0.2, 0.25) is 5.02 Å². The summed E-state index contributed by atoms with van der Waals surface area (Å²) in [5, 5.41) is 5.80. The van der Waals surface area contributed by atoms with Crippen molar-refractivity contribution in [3.8, 4) is 5.75 Å². The number of ether oxygens (including phenoxy) is 1. The summed E-state index contributed by atoms with van der Waals surface area (Å²) in [7, 11) is 0. The average Bonchev–Trinajstić information content (AvgIpc) is 2.92. The standard InChI is InChI=1S/C31H33ClN2O2/c1-2-29(34-21-22-9-5-3-6-10-22)31(24-11-7-4-8-12-24)16-13-25(14-17-31)36-28-19-23-15-18-33-30(35)26(23)20-27(28)32/h3-12,15,18-20,25,29,34H,2,13-14,16-17,21H2,1H3,(H,33,35)/t25-,29?,31+. The molecule has 5 heteroatoms. The molecule has 1 aromatic heterocycles. The molecule has 1 aliphatic rings. The first-order valence-corrected chi connectivity index (χ1v) is 13.3. The van der Waals surface area contributed by atoms with Crippen molar-refractivity contribution in [2.24, 2.45) is 0 Å². The lowest BCUT2D eigenvalue weighted by Gasteiger charge is -2.46. The van der Waals surface area contributed by atoms with Crippen molar-refractivity contribution in [1.29, 1.82) is 0 Å². The van der Waals surface area contributed by atoms with Gasteiger partial charge in [-0.15, -0.1) is 0 Å². The molecule has 1 atom stereocenters. The van der Waals surface area contributed by atoms with E-state index in [0.717, 1.165) is 44.0 Å². The zero-order valence-electron chi connectivity index (χ0n) is 20.7. The fraction of sp³-hybridized carbons (Fsp3) is 0.323. The Morgan fingerprint density at radius 2 is 1.72 bits per heavy atom. The monoisotopic (exact) mass is 500 g/mol. The molecule has 1 fully saturated rings.